The second-order valence-electron chi connectivity index (χ2n) is 1.61. The molecule has 1 heterocycles. The minimum Gasteiger partial charge on any atom is -0.235 e. The van der Waals surface area contributed by atoms with Gasteiger partial charge in [-0.25, -0.2) is 8.37 Å². The van der Waals surface area contributed by atoms with E-state index in [9.17, 15) is 4.21 Å². The maximum absolute atomic E-state index is 10.1. The first-order valence-corrected chi connectivity index (χ1v) is 3.59. The minimum absolute atomic E-state index is 0.194. The predicted octanol–water partition coefficient (Wildman–Crippen LogP) is 0.738. The van der Waals surface area contributed by atoms with Crippen LogP contribution >= 0.6 is 0 Å². The van der Waals surface area contributed by atoms with Gasteiger partial charge in [0.15, 0.2) is 6.29 Å². The lowest BCUT2D eigenvalue weighted by atomic mass is 10.3. The molecule has 0 amide bonds. The third kappa shape index (κ3) is 1.27. The second kappa shape index (κ2) is 2.57. The van der Waals surface area contributed by atoms with Crippen molar-refractivity contribution in [1.82, 2.24) is 0 Å². The van der Waals surface area contributed by atoms with E-state index >= 15 is 0 Å². The Morgan fingerprint density at radius 2 is 2.25 bits per heavy atom. The van der Waals surface area contributed by atoms with E-state index < -0.39 is 11.4 Å². The van der Waals surface area contributed by atoms with Crippen LogP contribution in [0.3, 0.4) is 0 Å². The molecule has 0 aromatic heterocycles. The van der Waals surface area contributed by atoms with Gasteiger partial charge in [-0.3, -0.25) is 0 Å². The van der Waals surface area contributed by atoms with Gasteiger partial charge in [0.1, 0.15) is 0 Å². The Labute approximate surface area is 50.8 Å². The number of hydrogen-bond donors (Lipinski definition) is 0. The first kappa shape index (κ1) is 6.19. The van der Waals surface area contributed by atoms with Gasteiger partial charge in [-0.2, -0.15) is 4.21 Å². The second-order valence-corrected chi connectivity index (χ2v) is 2.41. The molecule has 0 saturated carbocycles. The van der Waals surface area contributed by atoms with Crippen LogP contribution in [-0.2, 0) is 19.7 Å². The zero-order chi connectivity index (χ0) is 5.98. The van der Waals surface area contributed by atoms with Crippen molar-refractivity contribution in [2.45, 2.75) is 26.1 Å². The lowest BCUT2D eigenvalue weighted by Gasteiger charge is -2.22. The highest BCUT2D eigenvalue weighted by Gasteiger charge is 2.26. The van der Waals surface area contributed by atoms with Crippen molar-refractivity contribution >= 4 is 11.4 Å². The molecule has 0 radical (unpaired) electrons. The fourth-order valence-electron chi connectivity index (χ4n) is 0.514. The first-order valence-electron chi connectivity index (χ1n) is 2.59. The monoisotopic (exact) mass is 136 g/mol. The lowest BCUT2D eigenvalue weighted by Crippen LogP contribution is -2.30. The summed E-state index contributed by atoms with van der Waals surface area (Å²) in [7, 11) is 0. The molecule has 1 saturated heterocycles. The highest BCUT2D eigenvalue weighted by atomic mass is 32.2. The predicted molar refractivity (Wildman–Crippen MR) is 29.0 cm³/mol. The number of hydrogen-bond acceptors (Lipinski definition) is 3. The third-order valence-corrected chi connectivity index (χ3v) is 1.64. The Balaban J connectivity index is 2.06. The van der Waals surface area contributed by atoms with Crippen LogP contribution in [0.5, 0.6) is 0 Å². The van der Waals surface area contributed by atoms with Crippen molar-refractivity contribution in [3.8, 4) is 0 Å². The van der Waals surface area contributed by atoms with E-state index in [1.807, 2.05) is 6.92 Å². The molecule has 1 aliphatic heterocycles. The largest absolute Gasteiger partial charge is 0.309 e. The van der Waals surface area contributed by atoms with Gasteiger partial charge in [0.25, 0.3) is 0 Å². The maximum atomic E-state index is 10.1. The molecule has 4 heteroatoms. The zero-order valence-corrected chi connectivity index (χ0v) is 5.44. The van der Waals surface area contributed by atoms with Crippen LogP contribution in [-0.4, -0.2) is 10.5 Å². The van der Waals surface area contributed by atoms with Crippen LogP contribution in [0.2, 0.25) is 0 Å². The smallest absolute Gasteiger partial charge is 0.235 e. The van der Waals surface area contributed by atoms with E-state index in [4.69, 9.17) is 0 Å². The Morgan fingerprint density at radius 1 is 1.62 bits per heavy atom. The molecule has 0 aromatic carbocycles. The molecular weight excluding hydrogens is 128 g/mol. The van der Waals surface area contributed by atoms with E-state index in [2.05, 4.69) is 8.37 Å². The third-order valence-electron chi connectivity index (χ3n) is 0.896. The molecule has 0 atom stereocenters. The zero-order valence-electron chi connectivity index (χ0n) is 4.62. The summed E-state index contributed by atoms with van der Waals surface area (Å²) in [5.74, 6) is 0. The first-order chi connectivity index (χ1) is 3.83. The van der Waals surface area contributed by atoms with E-state index in [1.165, 1.54) is 0 Å². The van der Waals surface area contributed by atoms with E-state index in [0.29, 0.717) is 0 Å². The molecule has 1 rings (SSSR count). The highest BCUT2D eigenvalue weighted by Crippen LogP contribution is 2.17. The summed E-state index contributed by atoms with van der Waals surface area (Å²) in [4.78, 5) is 0. The molecule has 0 aromatic rings. The van der Waals surface area contributed by atoms with E-state index in [1.54, 1.807) is 0 Å². The molecule has 0 aliphatic carbocycles. The fraction of sp³-hybridized carbons (Fsp3) is 1.00. The molecule has 1 fully saturated rings. The van der Waals surface area contributed by atoms with Crippen molar-refractivity contribution in [3.63, 3.8) is 0 Å². The van der Waals surface area contributed by atoms with Crippen molar-refractivity contribution < 1.29 is 12.6 Å². The van der Waals surface area contributed by atoms with Gasteiger partial charge in [0.2, 0.25) is 0 Å². The van der Waals surface area contributed by atoms with Crippen molar-refractivity contribution in [1.29, 1.82) is 0 Å². The standard InChI is InChI=1S/C4H8O3S/c1-2-3-4-6-8(5)7-4/h4H,2-3H2,1H3. The van der Waals surface area contributed by atoms with Crippen molar-refractivity contribution in [3.05, 3.63) is 0 Å². The van der Waals surface area contributed by atoms with Gasteiger partial charge in [-0.1, -0.05) is 13.3 Å². The van der Waals surface area contributed by atoms with Gasteiger partial charge in [0, 0.05) is 6.42 Å². The average molecular weight is 136 g/mol. The lowest BCUT2D eigenvalue weighted by molar-refractivity contribution is -0.0661. The van der Waals surface area contributed by atoms with E-state index in [-0.39, 0.29) is 6.29 Å². The summed E-state index contributed by atoms with van der Waals surface area (Å²) in [5, 5.41) is 0. The van der Waals surface area contributed by atoms with Crippen LogP contribution in [0.1, 0.15) is 19.8 Å². The summed E-state index contributed by atoms with van der Waals surface area (Å²) in [6.07, 6.45) is 1.65. The van der Waals surface area contributed by atoms with Gasteiger partial charge in [0.05, 0.1) is 0 Å². The normalized spacial score (nSPS) is 36.6. The molecule has 1 aliphatic rings. The fourth-order valence-corrected chi connectivity index (χ4v) is 1.07. The summed E-state index contributed by atoms with van der Waals surface area (Å²) in [6, 6.07) is 0. The topological polar surface area (TPSA) is 35.5 Å². The van der Waals surface area contributed by atoms with Crippen LogP contribution in [0.4, 0.5) is 0 Å². The molecule has 48 valence electrons. The Bertz CT molecular complexity index is 95.5. The van der Waals surface area contributed by atoms with Gasteiger partial charge < -0.3 is 0 Å². The summed E-state index contributed by atoms with van der Waals surface area (Å²) >= 11 is -1.42. The highest BCUT2D eigenvalue weighted by molar-refractivity contribution is 7.76. The van der Waals surface area contributed by atoms with Gasteiger partial charge >= 0.3 is 11.4 Å². The Morgan fingerprint density at radius 3 is 2.62 bits per heavy atom. The van der Waals surface area contributed by atoms with Crippen molar-refractivity contribution in [2.75, 3.05) is 0 Å². The summed E-state index contributed by atoms with van der Waals surface area (Å²) in [6.45, 7) is 2.02. The average Bonchev–Trinajstić information content (AvgIpc) is 1.64. The van der Waals surface area contributed by atoms with Gasteiger partial charge in [-0.05, 0) is 0 Å². The van der Waals surface area contributed by atoms with Crippen molar-refractivity contribution in [2.24, 2.45) is 0 Å². The van der Waals surface area contributed by atoms with Crippen LogP contribution in [0, 0.1) is 0 Å². The van der Waals surface area contributed by atoms with Crippen LogP contribution in [0.25, 0.3) is 0 Å². The maximum Gasteiger partial charge on any atom is 0.309 e. The minimum atomic E-state index is -1.42. The van der Waals surface area contributed by atoms with Crippen LogP contribution < -0.4 is 0 Å². The number of rotatable bonds is 2. The molecule has 0 N–H and O–H groups in total. The Kier molecular flexibility index (Phi) is 1.99. The molecule has 0 unspecified atom stereocenters. The summed E-state index contributed by atoms with van der Waals surface area (Å²) < 4.78 is 19.3. The van der Waals surface area contributed by atoms with Gasteiger partial charge in [-0.15, -0.1) is 0 Å². The molecule has 0 spiro atoms. The van der Waals surface area contributed by atoms with E-state index in [0.717, 1.165) is 12.8 Å². The molecule has 3 nitrogen and oxygen atoms in total. The Hall–Kier alpha value is 0.0700. The quantitative estimate of drug-likeness (QED) is 0.561. The molecular formula is C4H8O3S. The van der Waals surface area contributed by atoms with Crippen LogP contribution in [0.15, 0.2) is 0 Å². The molecule has 8 heavy (non-hydrogen) atoms. The summed E-state index contributed by atoms with van der Waals surface area (Å²) in [5.41, 5.74) is 0. The molecule has 0 bridgehead atoms. The SMILES string of the molecule is CCCC1OS(=O)O1.